The van der Waals surface area contributed by atoms with Crippen molar-refractivity contribution in [2.24, 2.45) is 0 Å². The highest BCUT2D eigenvalue weighted by Crippen LogP contribution is 2.47. The van der Waals surface area contributed by atoms with Crippen molar-refractivity contribution >= 4 is 23.6 Å². The van der Waals surface area contributed by atoms with Crippen LogP contribution < -0.4 is 9.47 Å². The van der Waals surface area contributed by atoms with E-state index in [1.807, 2.05) is 48.5 Å². The number of thioether (sulfide) groups is 1. The Labute approximate surface area is 187 Å². The molecule has 2 atom stereocenters. The lowest BCUT2D eigenvalue weighted by atomic mass is 10.1. The predicted octanol–water partition coefficient (Wildman–Crippen LogP) is 3.69. The largest absolute Gasteiger partial charge is 0.493 e. The highest BCUT2D eigenvalue weighted by molar-refractivity contribution is 8.01. The minimum Gasteiger partial charge on any atom is -0.493 e. The van der Waals surface area contributed by atoms with E-state index in [2.05, 4.69) is 6.92 Å². The second-order valence-corrected chi connectivity index (χ2v) is 9.72. The van der Waals surface area contributed by atoms with Crippen molar-refractivity contribution in [2.45, 2.75) is 43.8 Å². The van der Waals surface area contributed by atoms with Crippen LogP contribution in [-0.4, -0.2) is 52.4 Å². The summed E-state index contributed by atoms with van der Waals surface area (Å²) in [7, 11) is 3.40. The Morgan fingerprint density at radius 2 is 1.97 bits per heavy atom. The van der Waals surface area contributed by atoms with Crippen LogP contribution >= 0.6 is 11.8 Å². The number of rotatable bonds is 7. The zero-order valence-electron chi connectivity index (χ0n) is 18.2. The first-order chi connectivity index (χ1) is 14.9. The van der Waals surface area contributed by atoms with Crippen LogP contribution in [0.25, 0.3) is 0 Å². The van der Waals surface area contributed by atoms with Crippen LogP contribution in [0, 0.1) is 0 Å². The van der Waals surface area contributed by atoms with Crippen molar-refractivity contribution < 1.29 is 19.1 Å². The Kier molecular flexibility index (Phi) is 6.14. The molecule has 2 heterocycles. The predicted molar refractivity (Wildman–Crippen MR) is 121 cm³/mol. The summed E-state index contributed by atoms with van der Waals surface area (Å²) in [6.07, 6.45) is 1.34. The van der Waals surface area contributed by atoms with Gasteiger partial charge in [0.15, 0.2) is 11.5 Å². The standard InChI is InChI=1S/C24H28N2O4S/c1-24-12-11-22(27)26(24)19(16-31-24)23(28)25(2)14-18-9-10-20(21(13-18)29-3)30-15-17-7-5-4-6-8-17/h4-10,13,19H,11-12,14-16H2,1-3H3/t19-,24+/m0/s1. The van der Waals surface area contributed by atoms with Crippen LogP contribution in [0.2, 0.25) is 0 Å². The van der Waals surface area contributed by atoms with E-state index in [9.17, 15) is 9.59 Å². The third-order valence-electron chi connectivity index (χ3n) is 5.99. The van der Waals surface area contributed by atoms with Crippen LogP contribution in [0.5, 0.6) is 11.5 Å². The third kappa shape index (κ3) is 4.37. The summed E-state index contributed by atoms with van der Waals surface area (Å²) in [6, 6.07) is 15.3. The van der Waals surface area contributed by atoms with Crippen molar-refractivity contribution in [1.82, 2.24) is 9.80 Å². The first kappa shape index (κ1) is 21.6. The third-order valence-corrected chi connectivity index (χ3v) is 7.50. The second kappa shape index (κ2) is 8.83. The van der Waals surface area contributed by atoms with E-state index in [0.717, 1.165) is 17.5 Å². The van der Waals surface area contributed by atoms with Gasteiger partial charge in [-0.2, -0.15) is 0 Å². The van der Waals surface area contributed by atoms with Gasteiger partial charge in [0.1, 0.15) is 12.6 Å². The van der Waals surface area contributed by atoms with Crippen LogP contribution in [-0.2, 0) is 22.7 Å². The summed E-state index contributed by atoms with van der Waals surface area (Å²) in [5.74, 6) is 2.01. The molecule has 0 radical (unpaired) electrons. The number of methoxy groups -OCH3 is 1. The monoisotopic (exact) mass is 440 g/mol. The molecule has 0 N–H and O–H groups in total. The highest BCUT2D eigenvalue weighted by atomic mass is 32.2. The average molecular weight is 441 g/mol. The molecule has 164 valence electrons. The number of carbonyl (C=O) groups excluding carboxylic acids is 2. The Morgan fingerprint density at radius 1 is 1.19 bits per heavy atom. The Bertz CT molecular complexity index is 967. The number of hydrogen-bond acceptors (Lipinski definition) is 5. The maximum Gasteiger partial charge on any atom is 0.246 e. The molecule has 0 saturated carbocycles. The van der Waals surface area contributed by atoms with Gasteiger partial charge in [-0.3, -0.25) is 9.59 Å². The average Bonchev–Trinajstić information content (AvgIpc) is 3.28. The number of nitrogens with zero attached hydrogens (tertiary/aromatic N) is 2. The molecule has 2 aliphatic heterocycles. The van der Waals surface area contributed by atoms with Gasteiger partial charge in [-0.25, -0.2) is 0 Å². The zero-order chi connectivity index (χ0) is 22.0. The first-order valence-corrected chi connectivity index (χ1v) is 11.4. The Hall–Kier alpha value is -2.67. The molecule has 2 fully saturated rings. The zero-order valence-corrected chi connectivity index (χ0v) is 19.0. The van der Waals surface area contributed by atoms with Crippen molar-refractivity contribution in [3.05, 3.63) is 59.7 Å². The van der Waals surface area contributed by atoms with Gasteiger partial charge in [-0.15, -0.1) is 11.8 Å². The molecule has 7 heteroatoms. The SMILES string of the molecule is COc1cc(CN(C)C(=O)[C@@H]2CS[C@]3(C)CCC(=O)N23)ccc1OCc1ccccc1. The van der Waals surface area contributed by atoms with Gasteiger partial charge in [0.25, 0.3) is 0 Å². The first-order valence-electron chi connectivity index (χ1n) is 10.5. The molecular weight excluding hydrogens is 412 g/mol. The van der Waals surface area contributed by atoms with E-state index in [0.29, 0.717) is 36.8 Å². The number of hydrogen-bond donors (Lipinski definition) is 0. The van der Waals surface area contributed by atoms with E-state index < -0.39 is 0 Å². The topological polar surface area (TPSA) is 59.1 Å². The van der Waals surface area contributed by atoms with Crippen LogP contribution in [0.1, 0.15) is 30.9 Å². The van der Waals surface area contributed by atoms with Crippen molar-refractivity contribution in [3.8, 4) is 11.5 Å². The van der Waals surface area contributed by atoms with Gasteiger partial charge in [-0.05, 0) is 36.6 Å². The van der Waals surface area contributed by atoms with Crippen LogP contribution in [0.15, 0.2) is 48.5 Å². The van der Waals surface area contributed by atoms with Crippen LogP contribution in [0.3, 0.4) is 0 Å². The van der Waals surface area contributed by atoms with Gasteiger partial charge in [0.2, 0.25) is 11.8 Å². The highest BCUT2D eigenvalue weighted by Gasteiger charge is 2.53. The maximum absolute atomic E-state index is 13.1. The summed E-state index contributed by atoms with van der Waals surface area (Å²) in [6.45, 7) is 2.96. The number of carbonyl (C=O) groups is 2. The lowest BCUT2D eigenvalue weighted by molar-refractivity contribution is -0.143. The van der Waals surface area contributed by atoms with E-state index in [1.165, 1.54) is 0 Å². The summed E-state index contributed by atoms with van der Waals surface area (Å²) >= 11 is 1.71. The van der Waals surface area contributed by atoms with E-state index >= 15 is 0 Å². The molecule has 0 aliphatic carbocycles. The molecule has 2 aromatic carbocycles. The molecule has 0 bridgehead atoms. The van der Waals surface area contributed by atoms with Crippen molar-refractivity contribution in [2.75, 3.05) is 19.9 Å². The van der Waals surface area contributed by atoms with Gasteiger partial charge < -0.3 is 19.3 Å². The molecule has 31 heavy (non-hydrogen) atoms. The minimum absolute atomic E-state index is 0.0187. The number of benzene rings is 2. The van der Waals surface area contributed by atoms with E-state index in [1.54, 1.807) is 35.7 Å². The van der Waals surface area contributed by atoms with E-state index in [-0.39, 0.29) is 22.7 Å². The molecule has 2 amide bonds. The lowest BCUT2D eigenvalue weighted by Crippen LogP contribution is -2.50. The van der Waals surface area contributed by atoms with Gasteiger partial charge in [0.05, 0.1) is 12.0 Å². The van der Waals surface area contributed by atoms with Gasteiger partial charge in [0, 0.05) is 25.8 Å². The van der Waals surface area contributed by atoms with E-state index in [4.69, 9.17) is 9.47 Å². The molecular formula is C24H28N2O4S. The molecule has 6 nitrogen and oxygen atoms in total. The summed E-state index contributed by atoms with van der Waals surface area (Å²) < 4.78 is 11.4. The number of fused-ring (bicyclic) bond motifs is 1. The molecule has 0 spiro atoms. The normalized spacial score (nSPS) is 22.4. The van der Waals surface area contributed by atoms with Crippen molar-refractivity contribution in [1.29, 1.82) is 0 Å². The van der Waals surface area contributed by atoms with Crippen molar-refractivity contribution in [3.63, 3.8) is 0 Å². The molecule has 2 saturated heterocycles. The number of ether oxygens (including phenoxy) is 2. The fourth-order valence-electron chi connectivity index (χ4n) is 4.27. The number of likely N-dealkylation sites (N-methyl/N-ethyl adjacent to an activating group) is 1. The van der Waals surface area contributed by atoms with Gasteiger partial charge in [-0.1, -0.05) is 36.4 Å². The quantitative estimate of drug-likeness (QED) is 0.657. The van der Waals surface area contributed by atoms with Gasteiger partial charge >= 0.3 is 0 Å². The second-order valence-electron chi connectivity index (χ2n) is 8.22. The smallest absolute Gasteiger partial charge is 0.246 e. The molecule has 0 aromatic heterocycles. The molecule has 4 rings (SSSR count). The molecule has 0 unspecified atom stereocenters. The lowest BCUT2D eigenvalue weighted by Gasteiger charge is -2.32. The molecule has 2 aromatic rings. The Balaban J connectivity index is 1.41. The molecule has 2 aliphatic rings. The summed E-state index contributed by atoms with van der Waals surface area (Å²) in [4.78, 5) is 28.7. The summed E-state index contributed by atoms with van der Waals surface area (Å²) in [5, 5.41) is 0. The minimum atomic E-state index is -0.384. The summed E-state index contributed by atoms with van der Waals surface area (Å²) in [5.41, 5.74) is 2.03. The Morgan fingerprint density at radius 3 is 2.71 bits per heavy atom. The van der Waals surface area contributed by atoms with Crippen LogP contribution in [0.4, 0.5) is 0 Å². The number of amides is 2. The maximum atomic E-state index is 13.1. The fourth-order valence-corrected chi connectivity index (χ4v) is 5.70. The fraction of sp³-hybridized carbons (Fsp3) is 0.417.